The van der Waals surface area contributed by atoms with E-state index in [-0.39, 0.29) is 54.0 Å². The first-order valence-electron chi connectivity index (χ1n) is 9.87. The van der Waals surface area contributed by atoms with Crippen LogP contribution in [0.1, 0.15) is 19.3 Å². The minimum atomic E-state index is -1.41. The number of carboxylic acids is 6. The Morgan fingerprint density at radius 2 is 0.634 bits per heavy atom. The number of ketones is 3. The van der Waals surface area contributed by atoms with Gasteiger partial charge in [0.2, 0.25) is 0 Å². The number of aliphatic imine (C=N–C) groups is 3. The predicted octanol–water partition coefficient (Wildman–Crippen LogP) is -1.65. The topological polar surface area (TPSA) is 312 Å². The molecular weight excluding hydrogens is 638 g/mol. The van der Waals surface area contributed by atoms with E-state index in [9.17, 15) is 43.2 Å². The van der Waals surface area contributed by atoms with Crippen LogP contribution >= 0.6 is 0 Å². The molecule has 0 aromatic heterocycles. The molecule has 0 fully saturated rings. The average molecular weight is 653 g/mol. The Labute approximate surface area is 248 Å². The van der Waals surface area contributed by atoms with Crippen molar-refractivity contribution in [3.63, 3.8) is 0 Å². The summed E-state index contributed by atoms with van der Waals surface area (Å²) in [6.07, 6.45) is 1.38. The van der Waals surface area contributed by atoms with Crippen LogP contribution in [-0.4, -0.2) is 101 Å². The van der Waals surface area contributed by atoms with E-state index < -0.39 is 87.4 Å². The molecule has 20 heteroatoms. The van der Waals surface area contributed by atoms with Gasteiger partial charge in [-0.3, -0.25) is 14.4 Å². The van der Waals surface area contributed by atoms with E-state index in [2.05, 4.69) is 15.0 Å². The SMILES string of the molecule is O=C1C=C(C(=O)O)N=C(C(=O)O)C1.O=C1C=C(C(=O)O)N=C(C(=O)O)C1.O=C1C=C(C(=O)O)N=C(C(=O)O)C1.[Cr].[Cr]. The van der Waals surface area contributed by atoms with Gasteiger partial charge in [-0.05, 0) is 0 Å². The van der Waals surface area contributed by atoms with Gasteiger partial charge in [0.25, 0.3) is 0 Å². The van der Waals surface area contributed by atoms with Crippen molar-refractivity contribution in [3.8, 4) is 0 Å². The molecule has 0 bridgehead atoms. The van der Waals surface area contributed by atoms with Crippen LogP contribution in [0.2, 0.25) is 0 Å². The van der Waals surface area contributed by atoms with Gasteiger partial charge in [0, 0.05) is 53.0 Å². The summed E-state index contributed by atoms with van der Waals surface area (Å²) < 4.78 is 0. The maximum atomic E-state index is 10.8. The Bertz CT molecular complexity index is 1230. The van der Waals surface area contributed by atoms with Crippen LogP contribution in [0.5, 0.6) is 0 Å². The van der Waals surface area contributed by atoms with Crippen molar-refractivity contribution in [2.24, 2.45) is 15.0 Å². The number of carbonyl (C=O) groups excluding carboxylic acids is 3. The van der Waals surface area contributed by atoms with Gasteiger partial charge < -0.3 is 30.6 Å². The number of carbonyl (C=O) groups is 9. The Balaban J connectivity index is 0. The van der Waals surface area contributed by atoms with Gasteiger partial charge in [-0.2, -0.15) is 0 Å². The van der Waals surface area contributed by atoms with Gasteiger partial charge >= 0.3 is 35.8 Å². The summed E-state index contributed by atoms with van der Waals surface area (Å²) in [5, 5.41) is 50.7. The molecule has 3 rings (SSSR count). The smallest absolute Gasteiger partial charge is 0.354 e. The van der Waals surface area contributed by atoms with Crippen molar-refractivity contribution in [1.29, 1.82) is 0 Å². The van der Waals surface area contributed by atoms with Crippen molar-refractivity contribution in [3.05, 3.63) is 35.3 Å². The number of carboxylic acid groups (broad SMARTS) is 6. The third-order valence-electron chi connectivity index (χ3n) is 4.08. The van der Waals surface area contributed by atoms with Gasteiger partial charge in [0.1, 0.15) is 17.1 Å². The van der Waals surface area contributed by atoms with Gasteiger partial charge in [0.05, 0.1) is 19.3 Å². The first-order chi connectivity index (χ1) is 18.0. The molecule has 0 radical (unpaired) electrons. The van der Waals surface area contributed by atoms with Gasteiger partial charge in [-0.15, -0.1) is 0 Å². The standard InChI is InChI=1S/3C7H5NO5.2Cr/c3*9-3-1-4(6(10)11)8-5(2-3)7(12)13;;/h3*1H,2H2,(H,10,11)(H,12,13);;. The zero-order valence-electron chi connectivity index (χ0n) is 19.9. The molecular formula is C21H15Cr2N3O15. The van der Waals surface area contributed by atoms with Gasteiger partial charge in [0.15, 0.2) is 34.4 Å². The third-order valence-corrected chi connectivity index (χ3v) is 4.08. The number of allylic oxidation sites excluding steroid dienone is 3. The van der Waals surface area contributed by atoms with Crippen LogP contribution in [-0.2, 0) is 77.9 Å². The minimum absolute atomic E-state index is 0. The predicted molar refractivity (Wildman–Crippen MR) is 121 cm³/mol. The van der Waals surface area contributed by atoms with Crippen molar-refractivity contribution < 1.29 is 109 Å². The van der Waals surface area contributed by atoms with Gasteiger partial charge in [-0.1, -0.05) is 0 Å². The molecule has 0 amide bonds. The molecule has 0 aromatic carbocycles. The molecule has 41 heavy (non-hydrogen) atoms. The molecule has 216 valence electrons. The first-order valence-corrected chi connectivity index (χ1v) is 9.87. The van der Waals surface area contributed by atoms with Crippen LogP contribution in [0, 0.1) is 0 Å². The quantitative estimate of drug-likeness (QED) is 0.187. The molecule has 3 heterocycles. The monoisotopic (exact) mass is 653 g/mol. The summed E-state index contributed by atoms with van der Waals surface area (Å²) in [6, 6.07) is 0. The maximum absolute atomic E-state index is 10.8. The zero-order valence-corrected chi connectivity index (χ0v) is 22.4. The van der Waals surface area contributed by atoms with E-state index >= 15 is 0 Å². The molecule has 0 saturated heterocycles. The summed E-state index contributed by atoms with van der Waals surface area (Å²) in [4.78, 5) is 104. The van der Waals surface area contributed by atoms with Crippen molar-refractivity contribution in [2.75, 3.05) is 0 Å². The zero-order chi connectivity index (χ0) is 30.0. The average Bonchev–Trinajstić information content (AvgIpc) is 2.83. The van der Waals surface area contributed by atoms with Crippen LogP contribution in [0.3, 0.4) is 0 Å². The third kappa shape index (κ3) is 12.7. The Morgan fingerprint density at radius 1 is 0.439 bits per heavy atom. The second-order valence-electron chi connectivity index (χ2n) is 7.02. The van der Waals surface area contributed by atoms with Crippen LogP contribution < -0.4 is 0 Å². The number of rotatable bonds is 6. The molecule has 3 aliphatic heterocycles. The van der Waals surface area contributed by atoms with E-state index in [1.807, 2.05) is 0 Å². The summed E-state index contributed by atoms with van der Waals surface area (Å²) in [7, 11) is 0. The fourth-order valence-corrected chi connectivity index (χ4v) is 2.46. The van der Waals surface area contributed by atoms with E-state index in [1.54, 1.807) is 0 Å². The van der Waals surface area contributed by atoms with E-state index in [1.165, 1.54) is 0 Å². The summed E-state index contributed by atoms with van der Waals surface area (Å²) in [6.45, 7) is 0. The van der Waals surface area contributed by atoms with Crippen LogP contribution in [0.15, 0.2) is 50.3 Å². The summed E-state index contributed by atoms with van der Waals surface area (Å²) in [5.74, 6) is -10.1. The second kappa shape index (κ2) is 16.9. The molecule has 18 nitrogen and oxygen atoms in total. The van der Waals surface area contributed by atoms with E-state index in [4.69, 9.17) is 30.6 Å². The molecule has 6 N–H and O–H groups in total. The summed E-state index contributed by atoms with van der Waals surface area (Å²) in [5.41, 5.74) is -2.92. The van der Waals surface area contributed by atoms with E-state index in [0.717, 1.165) is 18.2 Å². The molecule has 0 atom stereocenters. The Morgan fingerprint density at radius 3 is 0.780 bits per heavy atom. The van der Waals surface area contributed by atoms with Crippen LogP contribution in [0.4, 0.5) is 0 Å². The number of hydrogen-bond donors (Lipinski definition) is 6. The summed E-state index contributed by atoms with van der Waals surface area (Å²) >= 11 is 0. The molecule has 3 aliphatic rings. The van der Waals surface area contributed by atoms with E-state index in [0.29, 0.717) is 0 Å². The maximum Gasteiger partial charge on any atom is 0.354 e. The number of nitrogens with zero attached hydrogens (tertiary/aromatic N) is 3. The molecule has 0 spiro atoms. The first kappa shape index (κ1) is 38.3. The van der Waals surface area contributed by atoms with Crippen molar-refractivity contribution in [2.45, 2.75) is 19.3 Å². The van der Waals surface area contributed by atoms with Crippen LogP contribution in [0.25, 0.3) is 0 Å². The van der Waals surface area contributed by atoms with Gasteiger partial charge in [-0.25, -0.2) is 43.7 Å². The number of hydrogen-bond acceptors (Lipinski definition) is 12. The Hall–Kier alpha value is -4.88. The Kier molecular flexibility index (Phi) is 15.8. The number of aliphatic carboxylic acids is 6. The molecule has 0 saturated carbocycles. The normalized spacial score (nSPS) is 15.4. The minimum Gasteiger partial charge on any atom is -0.477 e. The fraction of sp³-hybridized carbons (Fsp3) is 0.143. The molecule has 0 aliphatic carbocycles. The molecule has 0 unspecified atom stereocenters. The van der Waals surface area contributed by atoms with Crippen molar-refractivity contribution in [1.82, 2.24) is 0 Å². The van der Waals surface area contributed by atoms with Crippen molar-refractivity contribution >= 4 is 70.3 Å². The largest absolute Gasteiger partial charge is 0.477 e. The second-order valence-corrected chi connectivity index (χ2v) is 7.02. The molecule has 0 aromatic rings. The fourth-order valence-electron chi connectivity index (χ4n) is 2.46.